The zero-order valence-corrected chi connectivity index (χ0v) is 11.6. The molecule has 0 aliphatic heterocycles. The molecule has 98 valence electrons. The van der Waals surface area contributed by atoms with E-state index in [9.17, 15) is 0 Å². The van der Waals surface area contributed by atoms with Gasteiger partial charge in [0.25, 0.3) is 0 Å². The molecule has 0 aromatic heterocycles. The first-order valence-electron chi connectivity index (χ1n) is 6.99. The highest BCUT2D eigenvalue weighted by Gasteiger charge is 2.37. The standard InChI is InChI=1S/C15H28N2/c1-5-7-14(6-2)17-15(11-16)9-12(3)8-13(4)10-15/h2,12-14,17H,5,7-11,16H2,1,3-4H3. The molecule has 1 aliphatic carbocycles. The number of rotatable bonds is 5. The van der Waals surface area contributed by atoms with E-state index in [-0.39, 0.29) is 11.6 Å². The zero-order chi connectivity index (χ0) is 12.9. The molecule has 2 heteroatoms. The topological polar surface area (TPSA) is 38.0 Å². The van der Waals surface area contributed by atoms with Gasteiger partial charge in [-0.15, -0.1) is 6.42 Å². The van der Waals surface area contributed by atoms with Gasteiger partial charge in [0.05, 0.1) is 6.04 Å². The van der Waals surface area contributed by atoms with Crippen molar-refractivity contribution in [3.8, 4) is 12.3 Å². The molecular formula is C15H28N2. The molecule has 2 nitrogen and oxygen atoms in total. The second-order valence-corrected chi connectivity index (χ2v) is 5.99. The summed E-state index contributed by atoms with van der Waals surface area (Å²) in [6.45, 7) is 7.52. The third-order valence-electron chi connectivity index (χ3n) is 3.93. The van der Waals surface area contributed by atoms with Crippen LogP contribution in [0.4, 0.5) is 0 Å². The Morgan fingerprint density at radius 1 is 1.41 bits per heavy atom. The molecule has 0 bridgehead atoms. The van der Waals surface area contributed by atoms with Gasteiger partial charge in [0.2, 0.25) is 0 Å². The second kappa shape index (κ2) is 6.42. The van der Waals surface area contributed by atoms with E-state index in [1.54, 1.807) is 0 Å². The fourth-order valence-corrected chi connectivity index (χ4v) is 3.47. The van der Waals surface area contributed by atoms with Crippen LogP contribution >= 0.6 is 0 Å². The molecule has 3 N–H and O–H groups in total. The number of nitrogens with two attached hydrogens (primary N) is 1. The molecule has 1 aliphatic rings. The van der Waals surface area contributed by atoms with Gasteiger partial charge in [-0.25, -0.2) is 0 Å². The SMILES string of the molecule is C#CC(CCC)NC1(CN)CC(C)CC(C)C1. The fraction of sp³-hybridized carbons (Fsp3) is 0.867. The quantitative estimate of drug-likeness (QED) is 0.720. The molecule has 0 spiro atoms. The Morgan fingerprint density at radius 3 is 2.41 bits per heavy atom. The summed E-state index contributed by atoms with van der Waals surface area (Å²) in [7, 11) is 0. The molecule has 1 saturated carbocycles. The minimum absolute atomic E-state index is 0.0727. The van der Waals surface area contributed by atoms with Gasteiger partial charge >= 0.3 is 0 Å². The van der Waals surface area contributed by atoms with Crippen LogP contribution in [0.25, 0.3) is 0 Å². The lowest BCUT2D eigenvalue weighted by molar-refractivity contribution is 0.142. The molecule has 3 atom stereocenters. The Balaban J connectivity index is 2.70. The largest absolute Gasteiger partial charge is 0.329 e. The highest BCUT2D eigenvalue weighted by atomic mass is 15.0. The average Bonchev–Trinajstić information content (AvgIpc) is 2.27. The highest BCUT2D eigenvalue weighted by Crippen LogP contribution is 2.35. The fourth-order valence-electron chi connectivity index (χ4n) is 3.47. The molecule has 17 heavy (non-hydrogen) atoms. The van der Waals surface area contributed by atoms with Gasteiger partial charge in [0.1, 0.15) is 0 Å². The third-order valence-corrected chi connectivity index (χ3v) is 3.93. The van der Waals surface area contributed by atoms with Crippen molar-refractivity contribution < 1.29 is 0 Å². The van der Waals surface area contributed by atoms with Crippen LogP contribution in [0.15, 0.2) is 0 Å². The van der Waals surface area contributed by atoms with Crippen LogP contribution in [0.3, 0.4) is 0 Å². The highest BCUT2D eigenvalue weighted by molar-refractivity contribution is 5.05. The van der Waals surface area contributed by atoms with Gasteiger partial charge in [0, 0.05) is 12.1 Å². The van der Waals surface area contributed by atoms with Crippen molar-refractivity contribution in [1.29, 1.82) is 0 Å². The summed E-state index contributed by atoms with van der Waals surface area (Å²) in [5.74, 6) is 4.36. The molecule has 0 aromatic rings. The summed E-state index contributed by atoms with van der Waals surface area (Å²) in [4.78, 5) is 0. The van der Waals surface area contributed by atoms with Crippen molar-refractivity contribution in [3.63, 3.8) is 0 Å². The van der Waals surface area contributed by atoms with Crippen molar-refractivity contribution >= 4 is 0 Å². The molecule has 1 fully saturated rings. The van der Waals surface area contributed by atoms with Crippen molar-refractivity contribution in [2.24, 2.45) is 17.6 Å². The van der Waals surface area contributed by atoms with Gasteiger partial charge in [-0.2, -0.15) is 0 Å². The van der Waals surface area contributed by atoms with Gasteiger partial charge in [-0.3, -0.25) is 5.32 Å². The van der Waals surface area contributed by atoms with Gasteiger partial charge in [-0.05, 0) is 37.5 Å². The van der Waals surface area contributed by atoms with Crippen LogP contribution in [0, 0.1) is 24.2 Å². The lowest BCUT2D eigenvalue weighted by Gasteiger charge is -2.44. The summed E-state index contributed by atoms with van der Waals surface area (Å²) in [5.41, 5.74) is 6.10. The normalized spacial score (nSPS) is 35.2. The first-order valence-corrected chi connectivity index (χ1v) is 6.99. The van der Waals surface area contributed by atoms with Crippen LogP contribution in [0.2, 0.25) is 0 Å². The lowest BCUT2D eigenvalue weighted by atomic mass is 9.71. The first kappa shape index (κ1) is 14.5. The van der Waals surface area contributed by atoms with Crippen LogP contribution in [0.5, 0.6) is 0 Å². The number of hydrogen-bond acceptors (Lipinski definition) is 2. The van der Waals surface area contributed by atoms with E-state index >= 15 is 0 Å². The van der Waals surface area contributed by atoms with Crippen LogP contribution < -0.4 is 11.1 Å². The maximum atomic E-state index is 6.03. The van der Waals surface area contributed by atoms with E-state index in [0.717, 1.165) is 37.5 Å². The molecule has 3 unspecified atom stereocenters. The van der Waals surface area contributed by atoms with E-state index in [1.807, 2.05) is 0 Å². The summed E-state index contributed by atoms with van der Waals surface area (Å²) in [6.07, 6.45) is 11.4. The third kappa shape index (κ3) is 4.01. The Morgan fingerprint density at radius 2 is 2.00 bits per heavy atom. The molecule has 0 radical (unpaired) electrons. The van der Waals surface area contributed by atoms with E-state index in [2.05, 4.69) is 32.0 Å². The Kier molecular flexibility index (Phi) is 5.49. The predicted octanol–water partition coefficient (Wildman–Crippen LogP) is 2.53. The summed E-state index contributed by atoms with van der Waals surface area (Å²) in [5, 5.41) is 3.67. The first-order chi connectivity index (χ1) is 8.05. The maximum Gasteiger partial charge on any atom is 0.0691 e. The number of nitrogens with one attached hydrogen (secondary N) is 1. The van der Waals surface area contributed by atoms with Crippen LogP contribution in [-0.4, -0.2) is 18.1 Å². The van der Waals surface area contributed by atoms with Crippen molar-refractivity contribution in [3.05, 3.63) is 0 Å². The Labute approximate surface area is 107 Å². The van der Waals surface area contributed by atoms with Gasteiger partial charge in [0.15, 0.2) is 0 Å². The van der Waals surface area contributed by atoms with Crippen LogP contribution in [-0.2, 0) is 0 Å². The molecule has 1 rings (SSSR count). The van der Waals surface area contributed by atoms with E-state index in [4.69, 9.17) is 12.2 Å². The monoisotopic (exact) mass is 236 g/mol. The van der Waals surface area contributed by atoms with Gasteiger partial charge < -0.3 is 5.73 Å². The average molecular weight is 236 g/mol. The summed E-state index contributed by atoms with van der Waals surface area (Å²) < 4.78 is 0. The molecule has 0 saturated heterocycles. The summed E-state index contributed by atoms with van der Waals surface area (Å²) >= 11 is 0. The predicted molar refractivity (Wildman–Crippen MR) is 74.6 cm³/mol. The van der Waals surface area contributed by atoms with E-state index in [0.29, 0.717) is 6.54 Å². The molecule has 0 amide bonds. The molecule has 0 heterocycles. The van der Waals surface area contributed by atoms with E-state index in [1.165, 1.54) is 6.42 Å². The van der Waals surface area contributed by atoms with Crippen LogP contribution in [0.1, 0.15) is 52.9 Å². The maximum absolute atomic E-state index is 6.03. The lowest BCUT2D eigenvalue weighted by Crippen LogP contribution is -2.58. The number of hydrogen-bond donors (Lipinski definition) is 2. The molecular weight excluding hydrogens is 208 g/mol. The minimum Gasteiger partial charge on any atom is -0.329 e. The van der Waals surface area contributed by atoms with E-state index < -0.39 is 0 Å². The van der Waals surface area contributed by atoms with Crippen molar-refractivity contribution in [2.45, 2.75) is 64.5 Å². The minimum atomic E-state index is 0.0727. The second-order valence-electron chi connectivity index (χ2n) is 5.99. The summed E-state index contributed by atoms with van der Waals surface area (Å²) in [6, 6.07) is 0.182. The van der Waals surface area contributed by atoms with Gasteiger partial charge in [-0.1, -0.05) is 33.1 Å². The molecule has 0 aromatic carbocycles. The van der Waals surface area contributed by atoms with Crippen molar-refractivity contribution in [2.75, 3.05) is 6.54 Å². The number of terminal acetylenes is 1. The van der Waals surface area contributed by atoms with Crippen molar-refractivity contribution in [1.82, 2.24) is 5.32 Å². The zero-order valence-electron chi connectivity index (χ0n) is 11.6. The Bertz CT molecular complexity index is 257. The smallest absolute Gasteiger partial charge is 0.0691 e. The Hall–Kier alpha value is -0.520.